The van der Waals surface area contributed by atoms with E-state index in [0.717, 1.165) is 11.0 Å². The Balaban J connectivity index is 2.23. The van der Waals surface area contributed by atoms with Crippen molar-refractivity contribution in [3.63, 3.8) is 0 Å². The van der Waals surface area contributed by atoms with Crippen molar-refractivity contribution in [1.82, 2.24) is 4.72 Å². The van der Waals surface area contributed by atoms with Crippen LogP contribution in [-0.4, -0.2) is 18.5 Å². The molecule has 84 valence electrons. The summed E-state index contributed by atoms with van der Waals surface area (Å²) in [5.41, 5.74) is 0. The first-order valence-electron chi connectivity index (χ1n) is 4.54. The largest absolute Gasteiger partial charge is 0.389 e. The Kier molecular flexibility index (Phi) is 5.31. The van der Waals surface area contributed by atoms with Gasteiger partial charge in [-0.15, -0.1) is 0 Å². The van der Waals surface area contributed by atoms with Crippen LogP contribution in [0.3, 0.4) is 0 Å². The Hall–Kier alpha value is -1.59. The maximum atomic E-state index is 11.0. The van der Waals surface area contributed by atoms with Crippen molar-refractivity contribution in [3.05, 3.63) is 43.0 Å². The third-order valence-electron chi connectivity index (χ3n) is 1.53. The number of carbonyl (C=O) groups is 2. The van der Waals surface area contributed by atoms with Crippen molar-refractivity contribution < 1.29 is 14.3 Å². The lowest BCUT2D eigenvalue weighted by Crippen LogP contribution is -2.21. The van der Waals surface area contributed by atoms with Gasteiger partial charge in [-0.2, -0.15) is 0 Å². The topological polar surface area (TPSA) is 55.4 Å². The van der Waals surface area contributed by atoms with Crippen LogP contribution in [0.4, 0.5) is 0 Å². The van der Waals surface area contributed by atoms with Crippen LogP contribution in [0.5, 0.6) is 0 Å². The molecular weight excluding hydrogens is 226 g/mol. The minimum Gasteiger partial charge on any atom is -0.389 e. The minimum absolute atomic E-state index is 0.0425. The minimum atomic E-state index is -0.739. The van der Waals surface area contributed by atoms with Crippen LogP contribution in [0.15, 0.2) is 47.9 Å². The second-order valence-electron chi connectivity index (χ2n) is 2.73. The third kappa shape index (κ3) is 4.77. The highest BCUT2D eigenvalue weighted by atomic mass is 32.2. The van der Waals surface area contributed by atoms with Gasteiger partial charge in [-0.1, -0.05) is 24.8 Å². The Labute approximate surface area is 97.8 Å². The molecule has 0 saturated heterocycles. The van der Waals surface area contributed by atoms with E-state index in [1.54, 1.807) is 0 Å². The molecule has 0 unspecified atom stereocenters. The second-order valence-corrected chi connectivity index (χ2v) is 3.70. The molecule has 1 aromatic rings. The van der Waals surface area contributed by atoms with Gasteiger partial charge in [0.1, 0.15) is 6.54 Å². The fraction of sp³-hybridized carbons (Fsp3) is 0.0909. The number of ether oxygens (including phenoxy) is 1. The molecule has 0 aliphatic rings. The molecule has 0 amide bonds. The van der Waals surface area contributed by atoms with Crippen molar-refractivity contribution in [2.75, 3.05) is 6.54 Å². The van der Waals surface area contributed by atoms with Crippen molar-refractivity contribution >= 4 is 23.9 Å². The Morgan fingerprint density at radius 3 is 2.69 bits per heavy atom. The highest BCUT2D eigenvalue weighted by Gasteiger charge is 2.06. The average molecular weight is 237 g/mol. The zero-order chi connectivity index (χ0) is 11.8. The van der Waals surface area contributed by atoms with Gasteiger partial charge in [-0.05, 0) is 24.1 Å². The summed E-state index contributed by atoms with van der Waals surface area (Å²) in [7, 11) is 0. The predicted octanol–water partition coefficient (Wildman–Crippen LogP) is 1.54. The lowest BCUT2D eigenvalue weighted by Gasteiger charge is -2.02. The predicted molar refractivity (Wildman–Crippen MR) is 61.6 cm³/mol. The second kappa shape index (κ2) is 6.81. The first-order chi connectivity index (χ1) is 7.72. The summed E-state index contributed by atoms with van der Waals surface area (Å²) >= 11 is 1.30. The van der Waals surface area contributed by atoms with Crippen LogP contribution in [-0.2, 0) is 14.3 Å². The van der Waals surface area contributed by atoms with Gasteiger partial charge >= 0.3 is 11.9 Å². The van der Waals surface area contributed by atoms with Gasteiger partial charge in [0.15, 0.2) is 0 Å². The molecule has 4 nitrogen and oxygen atoms in total. The summed E-state index contributed by atoms with van der Waals surface area (Å²) in [6, 6.07) is 9.49. The number of nitrogens with one attached hydrogen (secondary N) is 1. The van der Waals surface area contributed by atoms with Crippen molar-refractivity contribution in [1.29, 1.82) is 0 Å². The summed E-state index contributed by atoms with van der Waals surface area (Å²) in [4.78, 5) is 22.7. The summed E-state index contributed by atoms with van der Waals surface area (Å²) in [6.07, 6.45) is 0.947. The molecule has 0 aliphatic carbocycles. The van der Waals surface area contributed by atoms with Gasteiger partial charge in [-0.3, -0.25) is 4.79 Å². The highest BCUT2D eigenvalue weighted by molar-refractivity contribution is 7.97. The molecule has 0 radical (unpaired) electrons. The molecule has 0 spiro atoms. The first-order valence-corrected chi connectivity index (χ1v) is 5.36. The number of esters is 2. The molecule has 0 heterocycles. The van der Waals surface area contributed by atoms with E-state index in [0.29, 0.717) is 0 Å². The zero-order valence-electron chi connectivity index (χ0n) is 8.51. The Morgan fingerprint density at radius 2 is 2.06 bits per heavy atom. The van der Waals surface area contributed by atoms with E-state index < -0.39 is 11.9 Å². The van der Waals surface area contributed by atoms with Crippen LogP contribution in [0.1, 0.15) is 0 Å². The van der Waals surface area contributed by atoms with Gasteiger partial charge in [0.2, 0.25) is 0 Å². The van der Waals surface area contributed by atoms with Crippen molar-refractivity contribution in [3.8, 4) is 0 Å². The Morgan fingerprint density at radius 1 is 1.38 bits per heavy atom. The summed E-state index contributed by atoms with van der Waals surface area (Å²) in [5.74, 6) is -1.37. The molecule has 0 aliphatic heterocycles. The zero-order valence-corrected chi connectivity index (χ0v) is 9.33. The molecule has 5 heteroatoms. The fourth-order valence-electron chi connectivity index (χ4n) is 0.857. The van der Waals surface area contributed by atoms with E-state index in [-0.39, 0.29) is 6.54 Å². The number of carbonyl (C=O) groups excluding carboxylic acids is 2. The molecule has 0 atom stereocenters. The van der Waals surface area contributed by atoms with Gasteiger partial charge in [0, 0.05) is 11.0 Å². The molecule has 0 aromatic heterocycles. The van der Waals surface area contributed by atoms with Crippen LogP contribution >= 0.6 is 11.9 Å². The smallest absolute Gasteiger partial charge is 0.337 e. The first kappa shape index (κ1) is 12.5. The number of benzene rings is 1. The molecule has 1 N–H and O–H groups in total. The Bertz CT molecular complexity index is 378. The van der Waals surface area contributed by atoms with Crippen LogP contribution in [0.25, 0.3) is 0 Å². The number of hydrogen-bond donors (Lipinski definition) is 1. The van der Waals surface area contributed by atoms with Gasteiger partial charge in [-0.25, -0.2) is 9.52 Å². The van der Waals surface area contributed by atoms with E-state index in [4.69, 9.17) is 0 Å². The van der Waals surface area contributed by atoms with Gasteiger partial charge < -0.3 is 4.74 Å². The quantitative estimate of drug-likeness (QED) is 0.364. The SMILES string of the molecule is C=CC(=O)OC(=O)CNSc1ccccc1. The molecular formula is C11H11NO3S. The summed E-state index contributed by atoms with van der Waals surface area (Å²) in [5, 5.41) is 0. The average Bonchev–Trinajstić information content (AvgIpc) is 2.30. The maximum Gasteiger partial charge on any atom is 0.337 e. The third-order valence-corrected chi connectivity index (χ3v) is 2.33. The molecule has 1 aromatic carbocycles. The molecule has 0 saturated carbocycles. The molecule has 0 bridgehead atoms. The monoisotopic (exact) mass is 237 g/mol. The fourth-order valence-corrected chi connectivity index (χ4v) is 1.51. The van der Waals surface area contributed by atoms with E-state index >= 15 is 0 Å². The maximum absolute atomic E-state index is 11.0. The highest BCUT2D eigenvalue weighted by Crippen LogP contribution is 2.12. The lowest BCUT2D eigenvalue weighted by atomic mass is 10.4. The van der Waals surface area contributed by atoms with E-state index in [2.05, 4.69) is 16.0 Å². The normalized spacial score (nSPS) is 9.50. The van der Waals surface area contributed by atoms with E-state index in [1.807, 2.05) is 30.3 Å². The van der Waals surface area contributed by atoms with Gasteiger partial charge in [0.05, 0.1) is 0 Å². The summed E-state index contributed by atoms with van der Waals surface area (Å²) in [6.45, 7) is 3.15. The van der Waals surface area contributed by atoms with Crippen LogP contribution < -0.4 is 4.72 Å². The summed E-state index contributed by atoms with van der Waals surface area (Å²) < 4.78 is 7.15. The number of rotatable bonds is 5. The standard InChI is InChI=1S/C11H11NO3S/c1-2-10(13)15-11(14)8-12-16-9-6-4-3-5-7-9/h2-7,12H,1,8H2. The molecule has 16 heavy (non-hydrogen) atoms. The van der Waals surface area contributed by atoms with Crippen LogP contribution in [0, 0.1) is 0 Å². The molecule has 0 fully saturated rings. The van der Waals surface area contributed by atoms with Gasteiger partial charge in [0.25, 0.3) is 0 Å². The lowest BCUT2D eigenvalue weighted by molar-refractivity contribution is -0.155. The van der Waals surface area contributed by atoms with Crippen LogP contribution in [0.2, 0.25) is 0 Å². The number of hydrogen-bond acceptors (Lipinski definition) is 5. The van der Waals surface area contributed by atoms with Crippen molar-refractivity contribution in [2.24, 2.45) is 0 Å². The van der Waals surface area contributed by atoms with E-state index in [9.17, 15) is 9.59 Å². The molecule has 1 rings (SSSR count). The van der Waals surface area contributed by atoms with Crippen molar-refractivity contribution in [2.45, 2.75) is 4.90 Å². The van der Waals surface area contributed by atoms with E-state index in [1.165, 1.54) is 11.9 Å².